The van der Waals surface area contributed by atoms with E-state index in [0.717, 1.165) is 12.8 Å². The molecule has 0 amide bonds. The third-order valence-corrected chi connectivity index (χ3v) is 3.85. The van der Waals surface area contributed by atoms with Gasteiger partial charge in [-0.1, -0.05) is 11.6 Å². The Hall–Kier alpha value is -2.23. The van der Waals surface area contributed by atoms with Crippen LogP contribution in [0, 0.1) is 6.92 Å². The molecule has 22 heavy (non-hydrogen) atoms. The van der Waals surface area contributed by atoms with Gasteiger partial charge in [0.15, 0.2) is 0 Å². The second-order valence-electron chi connectivity index (χ2n) is 6.20. The first-order valence-electron chi connectivity index (χ1n) is 7.35. The highest BCUT2D eigenvalue weighted by Crippen LogP contribution is 2.41. The van der Waals surface area contributed by atoms with Crippen LogP contribution in [-0.4, -0.2) is 21.8 Å². The van der Waals surface area contributed by atoms with Crippen molar-refractivity contribution in [3.05, 3.63) is 40.5 Å². The zero-order valence-corrected chi connectivity index (χ0v) is 13.4. The van der Waals surface area contributed by atoms with E-state index in [2.05, 4.69) is 19.9 Å². The van der Waals surface area contributed by atoms with Crippen molar-refractivity contribution in [3.8, 4) is 11.5 Å². The molecule has 4 heteroatoms. The van der Waals surface area contributed by atoms with Gasteiger partial charge in [-0.25, -0.2) is 4.79 Å². The van der Waals surface area contributed by atoms with Crippen LogP contribution in [0.25, 0.3) is 6.08 Å². The topological polar surface area (TPSA) is 66.8 Å². The predicted molar refractivity (Wildman–Crippen MR) is 86.5 cm³/mol. The Morgan fingerprint density at radius 2 is 2.09 bits per heavy atom. The summed E-state index contributed by atoms with van der Waals surface area (Å²) in [5.41, 5.74) is 1.67. The third kappa shape index (κ3) is 3.16. The van der Waals surface area contributed by atoms with E-state index in [1.54, 1.807) is 19.1 Å². The van der Waals surface area contributed by atoms with Gasteiger partial charge in [-0.05, 0) is 64.3 Å². The SMILES string of the molecule is CC(C)=CCCC1(C)C=Cc2c(cc(C)c(C(=O)O)c2O)O1. The second-order valence-corrected chi connectivity index (χ2v) is 6.20. The van der Waals surface area contributed by atoms with Gasteiger partial charge >= 0.3 is 5.97 Å². The number of hydrogen-bond donors (Lipinski definition) is 2. The van der Waals surface area contributed by atoms with Crippen molar-refractivity contribution in [1.29, 1.82) is 0 Å². The molecule has 0 aliphatic carbocycles. The van der Waals surface area contributed by atoms with Crippen molar-refractivity contribution >= 4 is 12.0 Å². The number of benzene rings is 1. The average Bonchev–Trinajstić information content (AvgIpc) is 2.36. The largest absolute Gasteiger partial charge is 0.506 e. The summed E-state index contributed by atoms with van der Waals surface area (Å²) in [6, 6.07) is 1.68. The highest BCUT2D eigenvalue weighted by Gasteiger charge is 2.30. The van der Waals surface area contributed by atoms with Crippen molar-refractivity contribution in [2.45, 2.75) is 46.1 Å². The molecular formula is C18H22O4. The standard InChI is InChI=1S/C18H22O4/c1-11(2)6-5-8-18(4)9-7-13-14(22-18)10-12(3)15(16(13)19)17(20)21/h6-7,9-10,19H,5,8H2,1-4H3,(H,20,21). The minimum absolute atomic E-state index is 0.0693. The molecule has 1 aromatic carbocycles. The summed E-state index contributed by atoms with van der Waals surface area (Å²) in [5, 5.41) is 19.4. The van der Waals surface area contributed by atoms with Crippen LogP contribution >= 0.6 is 0 Å². The number of phenols is 1. The van der Waals surface area contributed by atoms with Crippen LogP contribution in [0.3, 0.4) is 0 Å². The zero-order chi connectivity index (χ0) is 16.5. The molecule has 1 heterocycles. The van der Waals surface area contributed by atoms with Gasteiger partial charge in [0.25, 0.3) is 0 Å². The number of aryl methyl sites for hydroxylation is 1. The lowest BCUT2D eigenvalue weighted by Crippen LogP contribution is -2.31. The summed E-state index contributed by atoms with van der Waals surface area (Å²) in [6.45, 7) is 7.77. The van der Waals surface area contributed by atoms with E-state index in [0.29, 0.717) is 16.9 Å². The summed E-state index contributed by atoms with van der Waals surface area (Å²) in [4.78, 5) is 11.2. The van der Waals surface area contributed by atoms with Crippen molar-refractivity contribution < 1.29 is 19.7 Å². The van der Waals surface area contributed by atoms with Crippen molar-refractivity contribution in [1.82, 2.24) is 0 Å². The molecular weight excluding hydrogens is 280 g/mol. The molecule has 118 valence electrons. The number of hydrogen-bond acceptors (Lipinski definition) is 3. The van der Waals surface area contributed by atoms with Gasteiger partial charge in [-0.3, -0.25) is 0 Å². The van der Waals surface area contributed by atoms with Crippen LogP contribution in [0.4, 0.5) is 0 Å². The van der Waals surface area contributed by atoms with Crippen molar-refractivity contribution in [3.63, 3.8) is 0 Å². The van der Waals surface area contributed by atoms with E-state index in [9.17, 15) is 15.0 Å². The molecule has 2 rings (SSSR count). The summed E-state index contributed by atoms with van der Waals surface area (Å²) in [6.07, 6.45) is 7.51. The Morgan fingerprint density at radius 3 is 2.68 bits per heavy atom. The summed E-state index contributed by atoms with van der Waals surface area (Å²) in [7, 11) is 0. The van der Waals surface area contributed by atoms with Crippen molar-refractivity contribution in [2.75, 3.05) is 0 Å². The Bertz CT molecular complexity index is 666. The number of carbonyl (C=O) groups is 1. The van der Waals surface area contributed by atoms with Crippen LogP contribution < -0.4 is 4.74 Å². The minimum atomic E-state index is -1.14. The molecule has 0 saturated carbocycles. The monoisotopic (exact) mass is 302 g/mol. The lowest BCUT2D eigenvalue weighted by Gasteiger charge is -2.32. The first-order chi connectivity index (χ1) is 10.2. The van der Waals surface area contributed by atoms with E-state index < -0.39 is 11.6 Å². The van der Waals surface area contributed by atoms with Crippen LogP contribution in [0.15, 0.2) is 23.8 Å². The summed E-state index contributed by atoms with van der Waals surface area (Å²) in [5.74, 6) is -0.838. The zero-order valence-electron chi connectivity index (χ0n) is 13.4. The van der Waals surface area contributed by atoms with Crippen LogP contribution in [0.5, 0.6) is 11.5 Å². The second kappa shape index (κ2) is 5.87. The van der Waals surface area contributed by atoms with E-state index in [1.165, 1.54) is 5.57 Å². The molecule has 1 atom stereocenters. The van der Waals surface area contributed by atoms with E-state index >= 15 is 0 Å². The Labute approximate surface area is 130 Å². The van der Waals surface area contributed by atoms with Gasteiger partial charge < -0.3 is 14.9 Å². The number of fused-ring (bicyclic) bond motifs is 1. The first-order valence-corrected chi connectivity index (χ1v) is 7.35. The molecule has 1 unspecified atom stereocenters. The maximum Gasteiger partial charge on any atom is 0.339 e. The van der Waals surface area contributed by atoms with Crippen LogP contribution in [0.1, 0.15) is 55.1 Å². The maximum absolute atomic E-state index is 11.2. The quantitative estimate of drug-likeness (QED) is 0.813. The molecule has 4 nitrogen and oxygen atoms in total. The highest BCUT2D eigenvalue weighted by molar-refractivity contribution is 5.95. The summed E-state index contributed by atoms with van der Waals surface area (Å²) >= 11 is 0. The predicted octanol–water partition coefficient (Wildman–Crippen LogP) is 4.31. The number of rotatable bonds is 4. The molecule has 0 radical (unpaired) electrons. The Balaban J connectivity index is 2.33. The van der Waals surface area contributed by atoms with Gasteiger partial charge in [0.2, 0.25) is 0 Å². The molecule has 1 aliphatic rings. The normalized spacial score (nSPS) is 19.3. The van der Waals surface area contributed by atoms with E-state index in [4.69, 9.17) is 4.74 Å². The molecule has 0 aromatic heterocycles. The number of ether oxygens (including phenoxy) is 1. The number of aromatic hydroxyl groups is 1. The van der Waals surface area contributed by atoms with Crippen molar-refractivity contribution in [2.24, 2.45) is 0 Å². The Kier molecular flexibility index (Phi) is 4.31. The molecule has 0 bridgehead atoms. The van der Waals surface area contributed by atoms with Crippen LogP contribution in [-0.2, 0) is 0 Å². The average molecular weight is 302 g/mol. The fourth-order valence-corrected chi connectivity index (χ4v) is 2.63. The molecule has 1 aromatic rings. The van der Waals surface area contributed by atoms with Gasteiger partial charge in [-0.2, -0.15) is 0 Å². The molecule has 0 saturated heterocycles. The summed E-state index contributed by atoms with van der Waals surface area (Å²) < 4.78 is 6.03. The van der Waals surface area contributed by atoms with Crippen LogP contribution in [0.2, 0.25) is 0 Å². The third-order valence-electron chi connectivity index (χ3n) is 3.85. The number of carboxylic acid groups (broad SMARTS) is 1. The molecule has 2 N–H and O–H groups in total. The van der Waals surface area contributed by atoms with Gasteiger partial charge in [-0.15, -0.1) is 0 Å². The van der Waals surface area contributed by atoms with Gasteiger partial charge in [0.1, 0.15) is 22.7 Å². The van der Waals surface area contributed by atoms with E-state index in [1.807, 2.05) is 13.0 Å². The lowest BCUT2D eigenvalue weighted by atomic mass is 9.92. The molecule has 0 fully saturated rings. The lowest BCUT2D eigenvalue weighted by molar-refractivity contribution is 0.0692. The number of allylic oxidation sites excluding steroid dienone is 2. The number of aromatic carboxylic acids is 1. The van der Waals surface area contributed by atoms with Gasteiger partial charge in [0.05, 0.1) is 5.56 Å². The highest BCUT2D eigenvalue weighted by atomic mass is 16.5. The molecule has 0 spiro atoms. The minimum Gasteiger partial charge on any atom is -0.506 e. The fourth-order valence-electron chi connectivity index (χ4n) is 2.63. The molecule has 1 aliphatic heterocycles. The maximum atomic E-state index is 11.2. The smallest absolute Gasteiger partial charge is 0.339 e. The van der Waals surface area contributed by atoms with Gasteiger partial charge in [0, 0.05) is 0 Å². The fraction of sp³-hybridized carbons (Fsp3) is 0.389. The first kappa shape index (κ1) is 16.1. The number of carboxylic acids is 1. The van der Waals surface area contributed by atoms with E-state index in [-0.39, 0.29) is 11.3 Å². The Morgan fingerprint density at radius 1 is 1.41 bits per heavy atom.